The number of halogens is 2. The van der Waals surface area contributed by atoms with Gasteiger partial charge in [0.2, 0.25) is 0 Å². The maximum Gasteiger partial charge on any atom is 0.157 e. The molecule has 0 radical (unpaired) electrons. The molecule has 4 atom stereocenters. The highest BCUT2D eigenvalue weighted by atomic mass is 19.2. The number of hydrogen-bond acceptors (Lipinski definition) is 1. The van der Waals surface area contributed by atoms with Gasteiger partial charge in [-0.1, -0.05) is 13.8 Å². The van der Waals surface area contributed by atoms with E-state index in [0.29, 0.717) is 6.42 Å². The minimum atomic E-state index is -1.42. The van der Waals surface area contributed by atoms with Crippen LogP contribution in [0.1, 0.15) is 52.4 Å². The molecule has 2 rings (SSSR count). The molecule has 0 heterocycles. The molecule has 0 N–H and O–H groups in total. The van der Waals surface area contributed by atoms with Crippen molar-refractivity contribution in [2.45, 2.75) is 76.9 Å². The maximum atomic E-state index is 13.8. The summed E-state index contributed by atoms with van der Waals surface area (Å²) in [5.74, 6) is 0.604. The van der Waals surface area contributed by atoms with E-state index in [1.807, 2.05) is 0 Å². The average Bonchev–Trinajstić information content (AvgIpc) is 2.33. The van der Waals surface area contributed by atoms with Gasteiger partial charge in [0.05, 0.1) is 12.2 Å². The molecule has 3 heteroatoms. The van der Waals surface area contributed by atoms with Crippen molar-refractivity contribution < 1.29 is 13.5 Å². The van der Waals surface area contributed by atoms with Crippen molar-refractivity contribution in [3.63, 3.8) is 0 Å². The molecule has 2 aliphatic carbocycles. The fourth-order valence-electron chi connectivity index (χ4n) is 3.02. The second-order valence-electron chi connectivity index (χ2n) is 6.00. The molecule has 0 aliphatic heterocycles. The third-order valence-electron chi connectivity index (χ3n) is 4.44. The monoisotopic (exact) mass is 246 g/mol. The summed E-state index contributed by atoms with van der Waals surface area (Å²) in [6, 6.07) is 0. The molecule has 0 aromatic heterocycles. The number of alkyl halides is 2. The molecule has 0 spiro atoms. The van der Waals surface area contributed by atoms with E-state index in [0.717, 1.165) is 38.0 Å². The van der Waals surface area contributed by atoms with Crippen LogP contribution in [0.4, 0.5) is 8.78 Å². The normalized spacial score (nSPS) is 48.0. The van der Waals surface area contributed by atoms with Gasteiger partial charge in [-0.15, -0.1) is 0 Å². The molecular weight excluding hydrogens is 222 g/mol. The third-order valence-corrected chi connectivity index (χ3v) is 4.44. The lowest BCUT2D eigenvalue weighted by Gasteiger charge is -2.36. The van der Waals surface area contributed by atoms with Crippen LogP contribution in [0.5, 0.6) is 0 Å². The van der Waals surface area contributed by atoms with Gasteiger partial charge in [0, 0.05) is 0 Å². The smallest absolute Gasteiger partial charge is 0.157 e. The first kappa shape index (κ1) is 13.3. The van der Waals surface area contributed by atoms with Crippen molar-refractivity contribution in [2.75, 3.05) is 0 Å². The number of hydrogen-bond donors (Lipinski definition) is 0. The van der Waals surface area contributed by atoms with Crippen LogP contribution in [-0.4, -0.2) is 24.6 Å². The van der Waals surface area contributed by atoms with Gasteiger partial charge in [0.1, 0.15) is 6.17 Å². The van der Waals surface area contributed by atoms with E-state index in [1.54, 1.807) is 6.92 Å². The molecule has 2 aliphatic rings. The van der Waals surface area contributed by atoms with Crippen molar-refractivity contribution in [1.29, 1.82) is 0 Å². The molecule has 2 saturated carbocycles. The molecule has 0 amide bonds. The van der Waals surface area contributed by atoms with E-state index < -0.39 is 18.4 Å². The van der Waals surface area contributed by atoms with Crippen LogP contribution < -0.4 is 0 Å². The Balaban J connectivity index is 1.82. The summed E-state index contributed by atoms with van der Waals surface area (Å²) in [5.41, 5.74) is 0. The van der Waals surface area contributed by atoms with Gasteiger partial charge in [-0.3, -0.25) is 0 Å². The lowest BCUT2D eigenvalue weighted by atomic mass is 9.84. The predicted molar refractivity (Wildman–Crippen MR) is 64.5 cm³/mol. The summed E-state index contributed by atoms with van der Waals surface area (Å²) >= 11 is 0. The van der Waals surface area contributed by atoms with Crippen molar-refractivity contribution in [2.24, 2.45) is 11.8 Å². The molecule has 0 aromatic carbocycles. The van der Waals surface area contributed by atoms with Gasteiger partial charge >= 0.3 is 0 Å². The van der Waals surface area contributed by atoms with Gasteiger partial charge < -0.3 is 4.74 Å². The summed E-state index contributed by atoms with van der Waals surface area (Å²) in [5, 5.41) is 0. The fraction of sp³-hybridized carbons (Fsp3) is 1.00. The zero-order chi connectivity index (χ0) is 12.4. The number of ether oxygens (including phenoxy) is 1. The topological polar surface area (TPSA) is 9.23 Å². The lowest BCUT2D eigenvalue weighted by molar-refractivity contribution is -0.112. The third kappa shape index (κ3) is 3.18. The minimum absolute atomic E-state index is 0.156. The quantitative estimate of drug-likeness (QED) is 0.714. The lowest BCUT2D eigenvalue weighted by Crippen LogP contribution is -2.43. The van der Waals surface area contributed by atoms with E-state index in [9.17, 15) is 8.78 Å². The second kappa shape index (κ2) is 5.64. The van der Waals surface area contributed by atoms with Crippen molar-refractivity contribution in [3.8, 4) is 0 Å². The Bertz CT molecular complexity index is 238. The van der Waals surface area contributed by atoms with Gasteiger partial charge in [0.25, 0.3) is 0 Å². The van der Waals surface area contributed by atoms with Crippen LogP contribution >= 0.6 is 0 Å². The largest absolute Gasteiger partial charge is 0.372 e. The molecule has 1 nitrogen and oxygen atoms in total. The minimum Gasteiger partial charge on any atom is -0.372 e. The first-order valence-corrected chi connectivity index (χ1v) is 7.01. The van der Waals surface area contributed by atoms with Gasteiger partial charge in [0.15, 0.2) is 6.17 Å². The summed E-state index contributed by atoms with van der Waals surface area (Å²) in [4.78, 5) is 0. The molecule has 0 saturated heterocycles. The van der Waals surface area contributed by atoms with Crippen molar-refractivity contribution in [3.05, 3.63) is 0 Å². The molecule has 4 unspecified atom stereocenters. The van der Waals surface area contributed by atoms with Gasteiger partial charge in [-0.2, -0.15) is 0 Å². The van der Waals surface area contributed by atoms with E-state index in [2.05, 4.69) is 6.92 Å². The SMILES string of the molecule is CC1CCC(OC2CCC(C)C(F)C2F)CC1. The van der Waals surface area contributed by atoms with Crippen LogP contribution in [0.15, 0.2) is 0 Å². The molecule has 0 aromatic rings. The van der Waals surface area contributed by atoms with E-state index >= 15 is 0 Å². The van der Waals surface area contributed by atoms with Crippen LogP contribution in [0.2, 0.25) is 0 Å². The van der Waals surface area contributed by atoms with Crippen molar-refractivity contribution in [1.82, 2.24) is 0 Å². The first-order chi connectivity index (χ1) is 8.08. The Hall–Kier alpha value is -0.180. The van der Waals surface area contributed by atoms with Gasteiger partial charge in [-0.25, -0.2) is 8.78 Å². The Morgan fingerprint density at radius 2 is 1.47 bits per heavy atom. The van der Waals surface area contributed by atoms with Crippen LogP contribution in [0.3, 0.4) is 0 Å². The highest BCUT2D eigenvalue weighted by Gasteiger charge is 2.40. The van der Waals surface area contributed by atoms with Crippen molar-refractivity contribution >= 4 is 0 Å². The predicted octanol–water partition coefficient (Wildman–Crippen LogP) is 4.06. The number of rotatable bonds is 2. The van der Waals surface area contributed by atoms with Gasteiger partial charge in [-0.05, 0) is 50.4 Å². The van der Waals surface area contributed by atoms with E-state index in [1.165, 1.54) is 0 Å². The summed E-state index contributed by atoms with van der Waals surface area (Å²) in [7, 11) is 0. The Kier molecular flexibility index (Phi) is 4.40. The maximum absolute atomic E-state index is 13.8. The zero-order valence-electron chi connectivity index (χ0n) is 10.9. The second-order valence-corrected chi connectivity index (χ2v) is 6.00. The molecule has 100 valence electrons. The van der Waals surface area contributed by atoms with Crippen LogP contribution in [-0.2, 0) is 4.74 Å². The first-order valence-electron chi connectivity index (χ1n) is 7.01. The van der Waals surface area contributed by atoms with E-state index in [-0.39, 0.29) is 12.0 Å². The Morgan fingerprint density at radius 3 is 2.12 bits per heavy atom. The van der Waals surface area contributed by atoms with Crippen LogP contribution in [0, 0.1) is 11.8 Å². The molecule has 2 fully saturated rings. The Morgan fingerprint density at radius 1 is 0.824 bits per heavy atom. The average molecular weight is 246 g/mol. The van der Waals surface area contributed by atoms with E-state index in [4.69, 9.17) is 4.74 Å². The highest BCUT2D eigenvalue weighted by molar-refractivity contribution is 4.88. The fourth-order valence-corrected chi connectivity index (χ4v) is 3.02. The van der Waals surface area contributed by atoms with Crippen LogP contribution in [0.25, 0.3) is 0 Å². The standard InChI is InChI=1S/C14H24F2O/c1-9-3-6-11(7-4-9)17-12-8-5-10(2)13(15)14(12)16/h9-14H,3-8H2,1-2H3. The molecular formula is C14H24F2O. The molecule has 0 bridgehead atoms. The Labute approximate surface area is 103 Å². The molecule has 17 heavy (non-hydrogen) atoms. The summed E-state index contributed by atoms with van der Waals surface area (Å²) < 4.78 is 33.2. The summed E-state index contributed by atoms with van der Waals surface area (Å²) in [6.07, 6.45) is 2.66. The summed E-state index contributed by atoms with van der Waals surface area (Å²) in [6.45, 7) is 4.03. The zero-order valence-corrected chi connectivity index (χ0v) is 10.9. The highest BCUT2D eigenvalue weighted by Crippen LogP contribution is 2.34.